The zero-order chi connectivity index (χ0) is 10.6. The third-order valence-electron chi connectivity index (χ3n) is 2.77. The van der Waals surface area contributed by atoms with Crippen molar-refractivity contribution in [3.63, 3.8) is 0 Å². The molecule has 0 radical (unpaired) electrons. The fourth-order valence-corrected chi connectivity index (χ4v) is 1.87. The first kappa shape index (κ1) is 10.8. The lowest BCUT2D eigenvalue weighted by Gasteiger charge is -2.11. The smallest absolute Gasteiger partial charge is 0.218 e. The molecule has 1 aliphatic carbocycles. The third-order valence-corrected chi connectivity index (χ3v) is 2.77. The zero-order valence-electron chi connectivity index (χ0n) is 8.61. The summed E-state index contributed by atoms with van der Waals surface area (Å²) in [6.45, 7) is 2.99. The van der Waals surface area contributed by atoms with E-state index in [0.29, 0.717) is 5.92 Å². The summed E-state index contributed by atoms with van der Waals surface area (Å²) in [5.41, 5.74) is 15.8. The van der Waals surface area contributed by atoms with Crippen LogP contribution in [0.3, 0.4) is 0 Å². The normalized spacial score (nSPS) is 27.6. The summed E-state index contributed by atoms with van der Waals surface area (Å²) in [5.74, 6) is 1.53. The Morgan fingerprint density at radius 1 is 1.29 bits per heavy atom. The molecule has 0 bridgehead atoms. The Morgan fingerprint density at radius 3 is 2.50 bits per heavy atom. The number of hydrogen-bond acceptors (Lipinski definition) is 1. The van der Waals surface area contributed by atoms with E-state index in [9.17, 15) is 0 Å². The highest BCUT2D eigenvalue weighted by molar-refractivity contribution is 5.92. The monoisotopic (exact) mass is 197 g/mol. The van der Waals surface area contributed by atoms with Crippen molar-refractivity contribution < 1.29 is 0 Å². The maximum absolute atomic E-state index is 5.50. The van der Waals surface area contributed by atoms with E-state index in [2.05, 4.69) is 16.9 Å². The van der Waals surface area contributed by atoms with Crippen molar-refractivity contribution in [1.82, 2.24) is 0 Å². The van der Waals surface area contributed by atoms with Crippen LogP contribution in [0.4, 0.5) is 0 Å². The van der Waals surface area contributed by atoms with E-state index < -0.39 is 0 Å². The molecule has 14 heavy (non-hydrogen) atoms. The van der Waals surface area contributed by atoms with E-state index >= 15 is 0 Å². The van der Waals surface area contributed by atoms with Crippen LogP contribution in [0.15, 0.2) is 9.98 Å². The predicted octanol–water partition coefficient (Wildman–Crippen LogP) is 0.0107. The Bertz CT molecular complexity index is 242. The van der Waals surface area contributed by atoms with E-state index in [4.69, 9.17) is 17.2 Å². The predicted molar refractivity (Wildman–Crippen MR) is 58.8 cm³/mol. The van der Waals surface area contributed by atoms with Crippen LogP contribution in [0.5, 0.6) is 0 Å². The number of aliphatic imine (C=N–C) groups is 2. The molecular weight excluding hydrogens is 178 g/mol. The van der Waals surface area contributed by atoms with E-state index in [0.717, 1.165) is 12.5 Å². The van der Waals surface area contributed by atoms with Gasteiger partial charge in [-0.15, -0.1) is 0 Å². The van der Waals surface area contributed by atoms with Gasteiger partial charge in [0.1, 0.15) is 0 Å². The van der Waals surface area contributed by atoms with Crippen molar-refractivity contribution in [2.24, 2.45) is 39.0 Å². The highest BCUT2D eigenvalue weighted by Crippen LogP contribution is 2.31. The number of nitrogens with zero attached hydrogens (tertiary/aromatic N) is 2. The Balaban J connectivity index is 2.41. The third kappa shape index (κ3) is 3.24. The second kappa shape index (κ2) is 4.83. The maximum Gasteiger partial charge on any atom is 0.218 e. The molecule has 6 N–H and O–H groups in total. The van der Waals surface area contributed by atoms with Gasteiger partial charge in [-0.3, -0.25) is 4.99 Å². The molecule has 0 aliphatic heterocycles. The van der Waals surface area contributed by atoms with Crippen LogP contribution < -0.4 is 17.2 Å². The molecule has 0 saturated heterocycles. The van der Waals surface area contributed by atoms with Crippen LogP contribution in [0, 0.1) is 11.8 Å². The van der Waals surface area contributed by atoms with E-state index in [1.165, 1.54) is 19.3 Å². The summed E-state index contributed by atoms with van der Waals surface area (Å²) in [6.07, 6.45) is 3.83. The van der Waals surface area contributed by atoms with Gasteiger partial charge in [0.05, 0.1) is 0 Å². The molecule has 2 atom stereocenters. The van der Waals surface area contributed by atoms with Crippen molar-refractivity contribution in [3.05, 3.63) is 0 Å². The van der Waals surface area contributed by atoms with Gasteiger partial charge in [-0.1, -0.05) is 19.8 Å². The number of rotatable bonds is 2. The van der Waals surface area contributed by atoms with Crippen LogP contribution in [0.1, 0.15) is 26.2 Å². The maximum atomic E-state index is 5.50. The van der Waals surface area contributed by atoms with Crippen molar-refractivity contribution in [1.29, 1.82) is 0 Å². The molecule has 1 fully saturated rings. The minimum absolute atomic E-state index is 0.0364. The van der Waals surface area contributed by atoms with E-state index in [1.807, 2.05) is 0 Å². The molecule has 1 aliphatic rings. The molecule has 1 rings (SSSR count). The van der Waals surface area contributed by atoms with Crippen molar-refractivity contribution in [2.45, 2.75) is 26.2 Å². The molecule has 2 unspecified atom stereocenters. The highest BCUT2D eigenvalue weighted by Gasteiger charge is 2.22. The van der Waals surface area contributed by atoms with E-state index in [-0.39, 0.29) is 11.9 Å². The van der Waals surface area contributed by atoms with Crippen molar-refractivity contribution in [3.8, 4) is 0 Å². The average Bonchev–Trinajstić information content (AvgIpc) is 2.46. The van der Waals surface area contributed by atoms with Crippen LogP contribution in [0.2, 0.25) is 0 Å². The van der Waals surface area contributed by atoms with Crippen molar-refractivity contribution in [2.75, 3.05) is 6.54 Å². The second-order valence-corrected chi connectivity index (χ2v) is 3.90. The molecule has 0 aromatic rings. The average molecular weight is 197 g/mol. The summed E-state index contributed by atoms with van der Waals surface area (Å²) in [6, 6.07) is 0. The van der Waals surface area contributed by atoms with Gasteiger partial charge in [0, 0.05) is 6.54 Å². The fraction of sp³-hybridized carbons (Fsp3) is 0.778. The highest BCUT2D eigenvalue weighted by atomic mass is 15.1. The van der Waals surface area contributed by atoms with Crippen LogP contribution in [-0.4, -0.2) is 18.5 Å². The fourth-order valence-electron chi connectivity index (χ4n) is 1.87. The van der Waals surface area contributed by atoms with Crippen LogP contribution >= 0.6 is 0 Å². The summed E-state index contributed by atoms with van der Waals surface area (Å²) >= 11 is 0. The number of nitrogens with two attached hydrogens (primary N) is 3. The Morgan fingerprint density at radius 2 is 2.00 bits per heavy atom. The van der Waals surface area contributed by atoms with Gasteiger partial charge in [-0.2, -0.15) is 4.99 Å². The zero-order valence-corrected chi connectivity index (χ0v) is 8.61. The van der Waals surface area contributed by atoms with Gasteiger partial charge in [0.2, 0.25) is 5.96 Å². The van der Waals surface area contributed by atoms with Gasteiger partial charge in [0.25, 0.3) is 0 Å². The molecule has 5 nitrogen and oxygen atoms in total. The Labute approximate surface area is 84.5 Å². The SMILES string of the molecule is CC1CCCC1CN=C(N)N=C(N)N. The van der Waals surface area contributed by atoms with Gasteiger partial charge < -0.3 is 17.2 Å². The van der Waals surface area contributed by atoms with Crippen molar-refractivity contribution >= 4 is 11.9 Å². The quantitative estimate of drug-likeness (QED) is 0.429. The molecule has 0 amide bonds. The van der Waals surface area contributed by atoms with Crippen LogP contribution in [-0.2, 0) is 0 Å². The molecule has 0 heterocycles. The summed E-state index contributed by atoms with van der Waals surface area (Å²) in [7, 11) is 0. The Kier molecular flexibility index (Phi) is 3.73. The topological polar surface area (TPSA) is 103 Å². The van der Waals surface area contributed by atoms with Gasteiger partial charge in [0.15, 0.2) is 5.96 Å². The summed E-state index contributed by atoms with van der Waals surface area (Å²) < 4.78 is 0. The minimum Gasteiger partial charge on any atom is -0.370 e. The molecular formula is C9H19N5. The molecule has 5 heteroatoms. The molecule has 0 aromatic heterocycles. The first-order valence-electron chi connectivity index (χ1n) is 4.99. The summed E-state index contributed by atoms with van der Waals surface area (Å²) in [5, 5.41) is 0. The largest absolute Gasteiger partial charge is 0.370 e. The lowest BCUT2D eigenvalue weighted by atomic mass is 9.99. The lowest BCUT2D eigenvalue weighted by Crippen LogP contribution is -2.26. The van der Waals surface area contributed by atoms with E-state index in [1.54, 1.807) is 0 Å². The molecule has 1 saturated carbocycles. The second-order valence-electron chi connectivity index (χ2n) is 3.90. The van der Waals surface area contributed by atoms with Gasteiger partial charge in [-0.25, -0.2) is 0 Å². The standard InChI is InChI=1S/C9H19N5/c1-6-3-2-4-7(6)5-13-9(12)14-8(10)11/h6-7H,2-5H2,1H3,(H6,10,11,12,13,14). The first-order chi connectivity index (χ1) is 6.59. The minimum atomic E-state index is -0.0364. The van der Waals surface area contributed by atoms with Gasteiger partial charge >= 0.3 is 0 Å². The van der Waals surface area contributed by atoms with Crippen LogP contribution in [0.25, 0.3) is 0 Å². The molecule has 80 valence electrons. The Hall–Kier alpha value is -1.26. The first-order valence-corrected chi connectivity index (χ1v) is 4.99. The molecule has 0 spiro atoms. The lowest BCUT2D eigenvalue weighted by molar-refractivity contribution is 0.430. The van der Waals surface area contributed by atoms with Gasteiger partial charge in [-0.05, 0) is 18.3 Å². The number of guanidine groups is 2. The summed E-state index contributed by atoms with van der Waals surface area (Å²) in [4.78, 5) is 7.81. The molecule has 0 aromatic carbocycles. The number of hydrogen-bond donors (Lipinski definition) is 3.